The molecule has 0 bridgehead atoms. The van der Waals surface area contributed by atoms with Crippen LogP contribution in [0.25, 0.3) is 11.0 Å². The average Bonchev–Trinajstić information content (AvgIpc) is 2.87. The van der Waals surface area contributed by atoms with Crippen molar-refractivity contribution in [1.82, 2.24) is 15.0 Å². The highest BCUT2D eigenvalue weighted by atomic mass is 16.7. The lowest BCUT2D eigenvalue weighted by atomic mass is 9.79. The molecule has 0 radical (unpaired) electrons. The normalized spacial score (nSPS) is 20.6. The van der Waals surface area contributed by atoms with E-state index in [1.807, 2.05) is 16.8 Å². The van der Waals surface area contributed by atoms with Gasteiger partial charge in [-0.15, -0.1) is 5.10 Å². The molecule has 0 saturated carbocycles. The summed E-state index contributed by atoms with van der Waals surface area (Å²) in [5.74, 6) is 0. The zero-order valence-electron chi connectivity index (χ0n) is 13.5. The molecule has 0 N–H and O–H groups in total. The van der Waals surface area contributed by atoms with Crippen molar-refractivity contribution in [2.24, 2.45) is 0 Å². The molecule has 6 heteroatoms. The van der Waals surface area contributed by atoms with Crippen molar-refractivity contribution in [1.29, 1.82) is 0 Å². The number of nitrogens with zero attached hydrogens (tertiary/aromatic N) is 3. The standard InChI is InChI=1S/C15H22BN3O2/c1-10(2)19-13-9-11(7-8-12(13)17-18-19)16-20-14(3,4)15(5,6)21-16/h7-10H,1-6H3. The van der Waals surface area contributed by atoms with Crippen LogP contribution in [0.2, 0.25) is 0 Å². The minimum Gasteiger partial charge on any atom is -0.399 e. The van der Waals surface area contributed by atoms with E-state index in [4.69, 9.17) is 9.31 Å². The molecule has 0 atom stereocenters. The lowest BCUT2D eigenvalue weighted by molar-refractivity contribution is 0.00578. The van der Waals surface area contributed by atoms with E-state index in [1.54, 1.807) is 0 Å². The lowest BCUT2D eigenvalue weighted by Crippen LogP contribution is -2.41. The fraction of sp³-hybridized carbons (Fsp3) is 0.600. The van der Waals surface area contributed by atoms with Crippen LogP contribution in [-0.2, 0) is 9.31 Å². The summed E-state index contributed by atoms with van der Waals surface area (Å²) in [6, 6.07) is 6.31. The molecule has 0 spiro atoms. The Morgan fingerprint density at radius 1 is 1.10 bits per heavy atom. The molecule has 0 unspecified atom stereocenters. The molecule has 5 nitrogen and oxygen atoms in total. The number of rotatable bonds is 2. The number of aromatic nitrogens is 3. The van der Waals surface area contributed by atoms with E-state index < -0.39 is 0 Å². The molecule has 1 aromatic carbocycles. The van der Waals surface area contributed by atoms with Crippen LogP contribution in [0.1, 0.15) is 47.6 Å². The maximum absolute atomic E-state index is 6.10. The molecule has 1 aliphatic rings. The monoisotopic (exact) mass is 287 g/mol. The zero-order chi connectivity index (χ0) is 15.4. The molecule has 112 valence electrons. The van der Waals surface area contributed by atoms with Gasteiger partial charge in [0.05, 0.1) is 16.7 Å². The third-order valence-corrected chi connectivity index (χ3v) is 4.51. The number of benzene rings is 1. The smallest absolute Gasteiger partial charge is 0.399 e. The molecule has 1 aromatic heterocycles. The first-order chi connectivity index (χ1) is 9.71. The van der Waals surface area contributed by atoms with Crippen LogP contribution in [0.3, 0.4) is 0 Å². The van der Waals surface area contributed by atoms with Crippen LogP contribution < -0.4 is 5.46 Å². The van der Waals surface area contributed by atoms with Crippen molar-refractivity contribution in [3.8, 4) is 0 Å². The maximum Gasteiger partial charge on any atom is 0.494 e. The van der Waals surface area contributed by atoms with E-state index >= 15 is 0 Å². The van der Waals surface area contributed by atoms with Crippen molar-refractivity contribution in [3.63, 3.8) is 0 Å². The summed E-state index contributed by atoms with van der Waals surface area (Å²) in [4.78, 5) is 0. The predicted octanol–water partition coefficient (Wildman–Crippen LogP) is 2.31. The average molecular weight is 287 g/mol. The summed E-state index contributed by atoms with van der Waals surface area (Å²) >= 11 is 0. The van der Waals surface area contributed by atoms with E-state index in [-0.39, 0.29) is 24.4 Å². The summed E-state index contributed by atoms with van der Waals surface area (Å²) in [5.41, 5.74) is 2.25. The van der Waals surface area contributed by atoms with Gasteiger partial charge in [0, 0.05) is 6.04 Å². The summed E-state index contributed by atoms with van der Waals surface area (Å²) in [6.45, 7) is 12.4. The number of fused-ring (bicyclic) bond motifs is 1. The van der Waals surface area contributed by atoms with Crippen LogP contribution in [0.5, 0.6) is 0 Å². The van der Waals surface area contributed by atoms with E-state index in [0.717, 1.165) is 16.5 Å². The van der Waals surface area contributed by atoms with Crippen molar-refractivity contribution < 1.29 is 9.31 Å². The van der Waals surface area contributed by atoms with Gasteiger partial charge < -0.3 is 9.31 Å². The Balaban J connectivity index is 2.01. The van der Waals surface area contributed by atoms with Gasteiger partial charge in [0.15, 0.2) is 0 Å². The van der Waals surface area contributed by atoms with E-state index in [1.165, 1.54) is 0 Å². The van der Waals surface area contributed by atoms with Crippen molar-refractivity contribution in [2.75, 3.05) is 0 Å². The third kappa shape index (κ3) is 2.26. The van der Waals surface area contributed by atoms with Crippen LogP contribution in [-0.4, -0.2) is 33.3 Å². The summed E-state index contributed by atoms with van der Waals surface area (Å²) in [7, 11) is -0.352. The van der Waals surface area contributed by atoms with Crippen LogP contribution in [0.4, 0.5) is 0 Å². The Kier molecular flexibility index (Phi) is 3.15. The van der Waals surface area contributed by atoms with E-state index in [2.05, 4.69) is 57.9 Å². The minimum absolute atomic E-state index is 0.267. The predicted molar refractivity (Wildman–Crippen MR) is 83.6 cm³/mol. The molecule has 2 heterocycles. The van der Waals surface area contributed by atoms with Gasteiger partial charge in [-0.1, -0.05) is 11.3 Å². The lowest BCUT2D eigenvalue weighted by Gasteiger charge is -2.32. The second kappa shape index (κ2) is 4.55. The van der Waals surface area contributed by atoms with Crippen molar-refractivity contribution in [3.05, 3.63) is 18.2 Å². The Morgan fingerprint density at radius 2 is 1.71 bits per heavy atom. The molecule has 1 fully saturated rings. The summed E-state index contributed by atoms with van der Waals surface area (Å²) in [5, 5.41) is 8.40. The molecule has 0 amide bonds. The Hall–Kier alpha value is -1.40. The van der Waals surface area contributed by atoms with Gasteiger partial charge in [-0.2, -0.15) is 0 Å². The Labute approximate surface area is 125 Å². The van der Waals surface area contributed by atoms with Crippen molar-refractivity contribution in [2.45, 2.75) is 58.8 Å². The molecular weight excluding hydrogens is 265 g/mol. The third-order valence-electron chi connectivity index (χ3n) is 4.51. The van der Waals surface area contributed by atoms with E-state index in [9.17, 15) is 0 Å². The van der Waals surface area contributed by atoms with Gasteiger partial charge in [0.25, 0.3) is 0 Å². The first-order valence-electron chi connectivity index (χ1n) is 7.42. The maximum atomic E-state index is 6.10. The van der Waals surface area contributed by atoms with E-state index in [0.29, 0.717) is 0 Å². The quantitative estimate of drug-likeness (QED) is 0.795. The van der Waals surface area contributed by atoms with Gasteiger partial charge in [-0.05, 0) is 59.1 Å². The highest BCUT2D eigenvalue weighted by Gasteiger charge is 2.51. The largest absolute Gasteiger partial charge is 0.494 e. The summed E-state index contributed by atoms with van der Waals surface area (Å²) in [6.07, 6.45) is 0. The molecule has 1 aliphatic heterocycles. The minimum atomic E-state index is -0.352. The molecule has 0 aliphatic carbocycles. The van der Waals surface area contributed by atoms with Crippen molar-refractivity contribution >= 4 is 23.6 Å². The second-order valence-electron chi connectivity index (χ2n) is 6.96. The second-order valence-corrected chi connectivity index (χ2v) is 6.96. The first kappa shape index (κ1) is 14.5. The highest BCUT2D eigenvalue weighted by molar-refractivity contribution is 6.62. The number of hydrogen-bond donors (Lipinski definition) is 0. The SMILES string of the molecule is CC(C)n1nnc2ccc(B3OC(C)(C)C(C)(C)O3)cc21. The van der Waals surface area contributed by atoms with Gasteiger partial charge in [0.1, 0.15) is 5.52 Å². The molecule has 21 heavy (non-hydrogen) atoms. The molecular formula is C15H22BN3O2. The Morgan fingerprint density at radius 3 is 2.29 bits per heavy atom. The van der Waals surface area contributed by atoms with Crippen LogP contribution in [0, 0.1) is 0 Å². The summed E-state index contributed by atoms with van der Waals surface area (Å²) < 4.78 is 14.1. The fourth-order valence-corrected chi connectivity index (χ4v) is 2.46. The van der Waals surface area contributed by atoms with Crippen LogP contribution in [0.15, 0.2) is 18.2 Å². The fourth-order valence-electron chi connectivity index (χ4n) is 2.46. The Bertz CT molecular complexity index is 663. The molecule has 1 saturated heterocycles. The first-order valence-corrected chi connectivity index (χ1v) is 7.42. The van der Waals surface area contributed by atoms with Gasteiger partial charge in [0.2, 0.25) is 0 Å². The number of hydrogen-bond acceptors (Lipinski definition) is 4. The van der Waals surface area contributed by atoms with Gasteiger partial charge in [-0.3, -0.25) is 0 Å². The van der Waals surface area contributed by atoms with Gasteiger partial charge >= 0.3 is 7.12 Å². The highest BCUT2D eigenvalue weighted by Crippen LogP contribution is 2.36. The van der Waals surface area contributed by atoms with Gasteiger partial charge in [-0.25, -0.2) is 4.68 Å². The molecule has 2 aromatic rings. The topological polar surface area (TPSA) is 49.2 Å². The molecule has 3 rings (SSSR count). The zero-order valence-corrected chi connectivity index (χ0v) is 13.5. The van der Waals surface area contributed by atoms with Crippen LogP contribution >= 0.6 is 0 Å².